The summed E-state index contributed by atoms with van der Waals surface area (Å²) in [6.45, 7) is 23.9. The van der Waals surface area contributed by atoms with E-state index in [1.807, 2.05) is 49.1 Å². The molecule has 0 saturated carbocycles. The van der Waals surface area contributed by atoms with Crippen molar-refractivity contribution < 1.29 is 41.5 Å². The van der Waals surface area contributed by atoms with Crippen LogP contribution in [0.15, 0.2) is 54.6 Å². The fraction of sp³-hybridized carbons (Fsp3) is 0.659. The predicted octanol–water partition coefficient (Wildman–Crippen LogP) is 8.79. The lowest BCUT2D eigenvalue weighted by atomic mass is 9.87. The summed E-state index contributed by atoms with van der Waals surface area (Å²) in [4.78, 5) is 44.4. The molecule has 0 bridgehead atoms. The van der Waals surface area contributed by atoms with Gasteiger partial charge in [-0.25, -0.2) is 4.79 Å². The van der Waals surface area contributed by atoms with E-state index in [4.69, 9.17) is 9.16 Å². The van der Waals surface area contributed by atoms with E-state index in [2.05, 4.69) is 61.5 Å². The standard InChI is InChI=1S/C44H69F3N4O6Si/c1-12-30(3)38(40(53)51-25-23-34(24-26-51)48-13-2)50-39(52)33(27-32-19-21-35(22-20-32)55-44(45,46)47)29-37(57-58(10,11)43(7,8)9)36(28-31-17-15-14-16-18-31)49-41(54)56-42(4,5)6/h14-22,30,33-34,36-38,48H,12-13,23-29H2,1-11H3,(H,49,54)(H,50,52)/t30-,33+,36-,37-,38-/m0/s1. The quantitative estimate of drug-likeness (QED) is 0.129. The minimum atomic E-state index is -4.85. The van der Waals surface area contributed by atoms with Gasteiger partial charge in [0.1, 0.15) is 17.4 Å². The second-order valence-corrected chi connectivity index (χ2v) is 23.0. The zero-order valence-electron chi connectivity index (χ0n) is 36.6. The van der Waals surface area contributed by atoms with Gasteiger partial charge < -0.3 is 34.8 Å². The van der Waals surface area contributed by atoms with Crippen LogP contribution in [0.4, 0.5) is 18.0 Å². The Labute approximate surface area is 345 Å². The first kappa shape index (κ1) is 48.7. The van der Waals surface area contributed by atoms with E-state index in [1.54, 1.807) is 20.8 Å². The molecule has 1 heterocycles. The molecular weight excluding hydrogens is 766 g/mol. The van der Waals surface area contributed by atoms with Gasteiger partial charge in [0.15, 0.2) is 8.32 Å². The summed E-state index contributed by atoms with van der Waals surface area (Å²) in [5, 5.41) is 9.46. The zero-order valence-corrected chi connectivity index (χ0v) is 37.6. The van der Waals surface area contributed by atoms with Crippen molar-refractivity contribution in [3.63, 3.8) is 0 Å². The second-order valence-electron chi connectivity index (χ2n) is 18.2. The van der Waals surface area contributed by atoms with Crippen LogP contribution in [0.25, 0.3) is 0 Å². The number of ether oxygens (including phenoxy) is 2. The predicted molar refractivity (Wildman–Crippen MR) is 225 cm³/mol. The van der Waals surface area contributed by atoms with Crippen molar-refractivity contribution in [2.75, 3.05) is 19.6 Å². The lowest BCUT2D eigenvalue weighted by Gasteiger charge is -2.42. The summed E-state index contributed by atoms with van der Waals surface area (Å²) in [6, 6.07) is 14.0. The number of nitrogens with one attached hydrogen (secondary N) is 3. The first-order chi connectivity index (χ1) is 26.9. The van der Waals surface area contributed by atoms with Gasteiger partial charge >= 0.3 is 12.5 Å². The summed E-state index contributed by atoms with van der Waals surface area (Å²) < 4.78 is 56.2. The summed E-state index contributed by atoms with van der Waals surface area (Å²) >= 11 is 0. The Morgan fingerprint density at radius 3 is 1.97 bits per heavy atom. The number of halogens is 3. The highest BCUT2D eigenvalue weighted by molar-refractivity contribution is 6.74. The average molecular weight is 835 g/mol. The number of likely N-dealkylation sites (tertiary alicyclic amines) is 1. The minimum Gasteiger partial charge on any atom is -0.444 e. The van der Waals surface area contributed by atoms with Crippen LogP contribution < -0.4 is 20.7 Å². The van der Waals surface area contributed by atoms with E-state index in [9.17, 15) is 27.6 Å². The largest absolute Gasteiger partial charge is 0.573 e. The summed E-state index contributed by atoms with van der Waals surface area (Å²) in [5.74, 6) is -1.88. The van der Waals surface area contributed by atoms with Gasteiger partial charge in [-0.15, -0.1) is 13.2 Å². The number of alkyl halides is 3. The normalized spacial score (nSPS) is 17.1. The molecule has 0 aliphatic carbocycles. The molecule has 3 amide bonds. The summed E-state index contributed by atoms with van der Waals surface area (Å²) in [5.41, 5.74) is 0.757. The Morgan fingerprint density at radius 1 is 0.862 bits per heavy atom. The SMILES string of the molecule is CCNC1CCN(C(=O)[C@@H](NC(=O)[C@H](Cc2ccc(OC(F)(F)F)cc2)C[C@H](O[Si](C)(C)C(C)(C)C)[C@H](Cc2ccccc2)NC(=O)OC(C)(C)C)[C@@H](C)CC)CC1. The Bertz CT molecular complexity index is 1590. The highest BCUT2D eigenvalue weighted by atomic mass is 28.4. The zero-order chi connectivity index (χ0) is 43.5. The van der Waals surface area contributed by atoms with E-state index in [1.165, 1.54) is 24.3 Å². The van der Waals surface area contributed by atoms with Crippen molar-refractivity contribution in [1.82, 2.24) is 20.9 Å². The third-order valence-electron chi connectivity index (χ3n) is 11.3. The lowest BCUT2D eigenvalue weighted by Crippen LogP contribution is -2.57. The molecule has 0 unspecified atom stereocenters. The molecule has 326 valence electrons. The van der Waals surface area contributed by atoms with Crippen LogP contribution in [-0.4, -0.2) is 87.0 Å². The molecule has 14 heteroatoms. The molecule has 3 rings (SSSR count). The molecule has 3 N–H and O–H groups in total. The maximum Gasteiger partial charge on any atom is 0.573 e. The lowest BCUT2D eigenvalue weighted by molar-refractivity contribution is -0.274. The number of rotatable bonds is 18. The van der Waals surface area contributed by atoms with Gasteiger partial charge in [-0.3, -0.25) is 9.59 Å². The molecule has 10 nitrogen and oxygen atoms in total. The van der Waals surface area contributed by atoms with Gasteiger partial charge in [-0.1, -0.05) is 90.4 Å². The van der Waals surface area contributed by atoms with Gasteiger partial charge in [0.2, 0.25) is 11.8 Å². The molecule has 5 atom stereocenters. The van der Waals surface area contributed by atoms with E-state index in [-0.39, 0.29) is 41.4 Å². The van der Waals surface area contributed by atoms with E-state index >= 15 is 0 Å². The summed E-state index contributed by atoms with van der Waals surface area (Å²) in [7, 11) is -2.59. The van der Waals surface area contributed by atoms with E-state index < -0.39 is 50.5 Å². The van der Waals surface area contributed by atoms with Crippen LogP contribution >= 0.6 is 0 Å². The van der Waals surface area contributed by atoms with Gasteiger partial charge in [-0.05, 0) is 107 Å². The van der Waals surface area contributed by atoms with Crippen molar-refractivity contribution >= 4 is 26.2 Å². The Hall–Kier alpha value is -3.62. The van der Waals surface area contributed by atoms with Crippen LogP contribution in [-0.2, 0) is 31.6 Å². The molecule has 1 saturated heterocycles. The molecule has 2 aromatic rings. The molecule has 0 radical (unpaired) electrons. The highest BCUT2D eigenvalue weighted by Crippen LogP contribution is 2.39. The van der Waals surface area contributed by atoms with Crippen LogP contribution in [0.5, 0.6) is 5.75 Å². The Morgan fingerprint density at radius 2 is 1.45 bits per heavy atom. The van der Waals surface area contributed by atoms with Crippen LogP contribution in [0, 0.1) is 11.8 Å². The van der Waals surface area contributed by atoms with Crippen LogP contribution in [0.3, 0.4) is 0 Å². The van der Waals surface area contributed by atoms with Crippen molar-refractivity contribution in [3.05, 3.63) is 65.7 Å². The van der Waals surface area contributed by atoms with Gasteiger partial charge in [0, 0.05) is 25.0 Å². The molecule has 2 aromatic carbocycles. The smallest absolute Gasteiger partial charge is 0.444 e. The molecule has 58 heavy (non-hydrogen) atoms. The first-order valence-corrected chi connectivity index (χ1v) is 23.7. The number of hydrogen-bond acceptors (Lipinski definition) is 7. The molecule has 0 spiro atoms. The van der Waals surface area contributed by atoms with E-state index in [0.29, 0.717) is 37.5 Å². The maximum atomic E-state index is 14.8. The number of hydrogen-bond donors (Lipinski definition) is 3. The molecule has 1 aliphatic heterocycles. The van der Waals surface area contributed by atoms with Crippen molar-refractivity contribution in [2.24, 2.45) is 11.8 Å². The first-order valence-electron chi connectivity index (χ1n) is 20.8. The number of nitrogens with zero attached hydrogens (tertiary/aromatic N) is 1. The van der Waals surface area contributed by atoms with Gasteiger partial charge in [0.25, 0.3) is 0 Å². The van der Waals surface area contributed by atoms with Crippen molar-refractivity contribution in [1.29, 1.82) is 0 Å². The maximum absolute atomic E-state index is 14.8. The molecule has 1 aliphatic rings. The van der Waals surface area contributed by atoms with Crippen molar-refractivity contribution in [2.45, 2.75) is 155 Å². The highest BCUT2D eigenvalue weighted by Gasteiger charge is 2.43. The molecular formula is C44H69F3N4O6Si. The fourth-order valence-electron chi connectivity index (χ4n) is 6.87. The number of carbonyl (C=O) groups is 3. The number of amides is 3. The van der Waals surface area contributed by atoms with Crippen LogP contribution in [0.2, 0.25) is 18.1 Å². The number of piperidine rings is 1. The third kappa shape index (κ3) is 15.9. The second kappa shape index (κ2) is 21.1. The van der Waals surface area contributed by atoms with Crippen LogP contribution in [0.1, 0.15) is 99.1 Å². The van der Waals surface area contributed by atoms with Gasteiger partial charge in [-0.2, -0.15) is 0 Å². The summed E-state index contributed by atoms with van der Waals surface area (Å²) in [6.07, 6.45) is -3.29. The van der Waals surface area contributed by atoms with Crippen molar-refractivity contribution in [3.8, 4) is 5.75 Å². The number of alkyl carbamates (subject to hydrolysis) is 1. The monoisotopic (exact) mass is 834 g/mol. The van der Waals surface area contributed by atoms with E-state index in [0.717, 1.165) is 24.9 Å². The fourth-order valence-corrected chi connectivity index (χ4v) is 8.24. The Kier molecular flexibility index (Phi) is 17.7. The Balaban J connectivity index is 2.10. The third-order valence-corrected chi connectivity index (χ3v) is 15.8. The molecule has 1 fully saturated rings. The average Bonchev–Trinajstić information content (AvgIpc) is 3.12. The topological polar surface area (TPSA) is 118 Å². The van der Waals surface area contributed by atoms with Gasteiger partial charge in [0.05, 0.1) is 12.1 Å². The minimum absolute atomic E-state index is 0.121. The number of carbonyl (C=O) groups excluding carboxylic acids is 3. The molecule has 0 aromatic heterocycles. The number of benzene rings is 2.